The highest BCUT2D eigenvalue weighted by Crippen LogP contribution is 2.39. The van der Waals surface area contributed by atoms with Crippen LogP contribution in [0.15, 0.2) is 22.7 Å². The average molecular weight is 344 g/mol. The van der Waals surface area contributed by atoms with Crippen LogP contribution in [0.2, 0.25) is 0 Å². The third-order valence-corrected chi connectivity index (χ3v) is 4.67. The van der Waals surface area contributed by atoms with Crippen LogP contribution in [0.3, 0.4) is 0 Å². The summed E-state index contributed by atoms with van der Waals surface area (Å²) in [5, 5.41) is 9.45. The highest BCUT2D eigenvalue weighted by atomic mass is 79.9. The third-order valence-electron chi connectivity index (χ3n) is 3.94. The van der Waals surface area contributed by atoms with E-state index < -0.39 is 11.9 Å². The van der Waals surface area contributed by atoms with Gasteiger partial charge in [-0.25, -0.2) is 4.39 Å². The van der Waals surface area contributed by atoms with Crippen LogP contribution < -0.4 is 0 Å². The van der Waals surface area contributed by atoms with Gasteiger partial charge in [0.2, 0.25) is 0 Å². The van der Waals surface area contributed by atoms with Crippen molar-refractivity contribution in [3.05, 3.63) is 34.1 Å². The van der Waals surface area contributed by atoms with Gasteiger partial charge in [-0.1, -0.05) is 15.9 Å². The van der Waals surface area contributed by atoms with Crippen LogP contribution in [0.4, 0.5) is 4.39 Å². The molecule has 0 bridgehead atoms. The van der Waals surface area contributed by atoms with Crippen molar-refractivity contribution in [2.24, 2.45) is 5.92 Å². The van der Waals surface area contributed by atoms with Gasteiger partial charge in [-0.2, -0.15) is 0 Å². The van der Waals surface area contributed by atoms with Crippen molar-refractivity contribution < 1.29 is 14.3 Å². The summed E-state index contributed by atoms with van der Waals surface area (Å²) in [6, 6.07) is 4.46. The van der Waals surface area contributed by atoms with Gasteiger partial charge >= 0.3 is 5.97 Å². The minimum absolute atomic E-state index is 0.0950. The fraction of sp³-hybridized carbons (Fsp3) is 0.533. The summed E-state index contributed by atoms with van der Waals surface area (Å²) in [7, 11) is 0. The second kappa shape index (κ2) is 5.45. The van der Waals surface area contributed by atoms with Crippen LogP contribution in [0.25, 0.3) is 0 Å². The summed E-state index contributed by atoms with van der Waals surface area (Å²) in [6.45, 7) is 7.31. The smallest absolute Gasteiger partial charge is 0.308 e. The number of carboxylic acids is 1. The Morgan fingerprint density at radius 1 is 1.40 bits per heavy atom. The maximum atomic E-state index is 13.5. The van der Waals surface area contributed by atoms with Gasteiger partial charge in [-0.15, -0.1) is 0 Å². The first-order chi connectivity index (χ1) is 9.20. The zero-order valence-electron chi connectivity index (χ0n) is 11.9. The van der Waals surface area contributed by atoms with Gasteiger partial charge < -0.3 is 5.11 Å². The zero-order chi connectivity index (χ0) is 15.1. The predicted octanol–water partition coefficient (Wildman–Crippen LogP) is 3.49. The second-order valence-electron chi connectivity index (χ2n) is 6.29. The summed E-state index contributed by atoms with van der Waals surface area (Å²) in [6.07, 6.45) is 0. The van der Waals surface area contributed by atoms with Gasteiger partial charge in [0.15, 0.2) is 0 Å². The fourth-order valence-corrected chi connectivity index (χ4v) is 3.26. The Morgan fingerprint density at radius 3 is 2.60 bits per heavy atom. The highest BCUT2D eigenvalue weighted by Gasteiger charge is 2.42. The number of halogens is 2. The zero-order valence-corrected chi connectivity index (χ0v) is 13.4. The van der Waals surface area contributed by atoms with Gasteiger partial charge in [-0.05, 0) is 44.5 Å². The van der Waals surface area contributed by atoms with Gasteiger partial charge in [0.25, 0.3) is 0 Å². The lowest BCUT2D eigenvalue weighted by Crippen LogP contribution is -2.40. The molecule has 1 aromatic carbocycles. The van der Waals surface area contributed by atoms with Gasteiger partial charge in [-0.3, -0.25) is 9.69 Å². The van der Waals surface area contributed by atoms with Crippen molar-refractivity contribution in [2.75, 3.05) is 13.1 Å². The number of carboxylic acid groups (broad SMARTS) is 1. The Kier molecular flexibility index (Phi) is 4.21. The summed E-state index contributed by atoms with van der Waals surface area (Å²) in [4.78, 5) is 13.7. The van der Waals surface area contributed by atoms with Crippen molar-refractivity contribution in [1.29, 1.82) is 0 Å². The molecule has 20 heavy (non-hydrogen) atoms. The van der Waals surface area contributed by atoms with Gasteiger partial charge in [0.05, 0.1) is 5.92 Å². The molecular weight excluding hydrogens is 325 g/mol. The van der Waals surface area contributed by atoms with E-state index in [9.17, 15) is 14.3 Å². The Hall–Kier alpha value is -0.940. The standard InChI is InChI=1S/C15H19BrFNO2/c1-15(2,3)18-7-11(12(8-18)14(19)20)10-6-9(17)4-5-13(10)16/h4-6,11-12H,7-8H2,1-3H3,(H,19,20)/t11-,12+/m1/s1. The topological polar surface area (TPSA) is 40.5 Å². The first-order valence-electron chi connectivity index (χ1n) is 6.63. The third kappa shape index (κ3) is 3.04. The number of aliphatic carboxylic acids is 1. The van der Waals surface area contributed by atoms with E-state index in [2.05, 4.69) is 41.6 Å². The van der Waals surface area contributed by atoms with Crippen LogP contribution in [-0.2, 0) is 4.79 Å². The molecule has 5 heteroatoms. The van der Waals surface area contributed by atoms with E-state index >= 15 is 0 Å². The van der Waals surface area contributed by atoms with Crippen LogP contribution in [-0.4, -0.2) is 34.6 Å². The molecule has 1 aliphatic heterocycles. The number of hydrogen-bond donors (Lipinski definition) is 1. The normalized spacial score (nSPS) is 24.1. The van der Waals surface area contributed by atoms with E-state index in [-0.39, 0.29) is 17.3 Å². The minimum Gasteiger partial charge on any atom is -0.481 e. The quantitative estimate of drug-likeness (QED) is 0.893. The Balaban J connectivity index is 2.38. The molecule has 1 aromatic rings. The molecular formula is C15H19BrFNO2. The first-order valence-corrected chi connectivity index (χ1v) is 7.42. The molecule has 0 unspecified atom stereocenters. The molecule has 110 valence electrons. The van der Waals surface area contributed by atoms with Crippen LogP contribution in [0.1, 0.15) is 32.3 Å². The molecule has 0 aromatic heterocycles. The summed E-state index contributed by atoms with van der Waals surface area (Å²) >= 11 is 3.41. The molecule has 1 aliphatic rings. The molecule has 1 N–H and O–H groups in total. The SMILES string of the molecule is CC(C)(C)N1C[C@H](C(=O)O)[C@@H](c2cc(F)ccc2Br)C1. The Bertz CT molecular complexity index is 527. The number of rotatable bonds is 2. The van der Waals surface area contributed by atoms with E-state index in [1.54, 1.807) is 6.07 Å². The molecule has 1 heterocycles. The lowest BCUT2D eigenvalue weighted by Gasteiger charge is -2.31. The lowest BCUT2D eigenvalue weighted by molar-refractivity contribution is -0.141. The Morgan fingerprint density at radius 2 is 2.05 bits per heavy atom. The number of nitrogens with zero attached hydrogens (tertiary/aromatic N) is 1. The number of hydrogen-bond acceptors (Lipinski definition) is 2. The summed E-state index contributed by atoms with van der Waals surface area (Å²) < 4.78 is 14.2. The molecule has 0 spiro atoms. The first kappa shape index (κ1) is 15.4. The fourth-order valence-electron chi connectivity index (χ4n) is 2.72. The number of carbonyl (C=O) groups is 1. The van der Waals surface area contributed by atoms with E-state index in [1.165, 1.54) is 12.1 Å². The molecule has 0 amide bonds. The lowest BCUT2D eigenvalue weighted by atomic mass is 9.89. The molecule has 0 saturated carbocycles. The van der Waals surface area contributed by atoms with Crippen molar-refractivity contribution in [2.45, 2.75) is 32.2 Å². The molecule has 3 nitrogen and oxygen atoms in total. The summed E-state index contributed by atoms with van der Waals surface area (Å²) in [5.74, 6) is -1.86. The van der Waals surface area contributed by atoms with Crippen LogP contribution in [0.5, 0.6) is 0 Å². The maximum absolute atomic E-state index is 13.5. The molecule has 2 rings (SSSR count). The van der Waals surface area contributed by atoms with Crippen molar-refractivity contribution in [1.82, 2.24) is 4.90 Å². The van der Waals surface area contributed by atoms with Crippen molar-refractivity contribution in [3.8, 4) is 0 Å². The van der Waals surface area contributed by atoms with E-state index in [4.69, 9.17) is 0 Å². The minimum atomic E-state index is -0.821. The molecule has 1 saturated heterocycles. The molecule has 1 fully saturated rings. The molecule has 0 aliphatic carbocycles. The number of benzene rings is 1. The molecule has 0 radical (unpaired) electrons. The second-order valence-corrected chi connectivity index (χ2v) is 7.15. The van der Waals surface area contributed by atoms with Gasteiger partial charge in [0, 0.05) is 29.0 Å². The van der Waals surface area contributed by atoms with E-state index in [1.807, 2.05) is 0 Å². The van der Waals surface area contributed by atoms with E-state index in [0.29, 0.717) is 13.1 Å². The Labute approximate surface area is 126 Å². The van der Waals surface area contributed by atoms with Crippen LogP contribution >= 0.6 is 15.9 Å². The summed E-state index contributed by atoms with van der Waals surface area (Å²) in [5.41, 5.74) is 0.645. The predicted molar refractivity (Wildman–Crippen MR) is 79.3 cm³/mol. The number of likely N-dealkylation sites (tertiary alicyclic amines) is 1. The van der Waals surface area contributed by atoms with Crippen LogP contribution in [0, 0.1) is 11.7 Å². The van der Waals surface area contributed by atoms with E-state index in [0.717, 1.165) is 10.0 Å². The molecule has 2 atom stereocenters. The van der Waals surface area contributed by atoms with Crippen molar-refractivity contribution in [3.63, 3.8) is 0 Å². The largest absolute Gasteiger partial charge is 0.481 e. The average Bonchev–Trinajstić information content (AvgIpc) is 2.77. The van der Waals surface area contributed by atoms with Crippen molar-refractivity contribution >= 4 is 21.9 Å². The monoisotopic (exact) mass is 343 g/mol. The maximum Gasteiger partial charge on any atom is 0.308 e. The highest BCUT2D eigenvalue weighted by molar-refractivity contribution is 9.10. The van der Waals surface area contributed by atoms with Gasteiger partial charge in [0.1, 0.15) is 5.82 Å².